The molecule has 0 bridgehead atoms. The lowest BCUT2D eigenvalue weighted by Gasteiger charge is -2.24. The number of aliphatic imine (C=N–C) groups is 1. The van der Waals surface area contributed by atoms with E-state index >= 15 is 0 Å². The van der Waals surface area contributed by atoms with E-state index in [1.807, 2.05) is 53.7 Å². The van der Waals surface area contributed by atoms with Crippen molar-refractivity contribution in [1.82, 2.24) is 15.4 Å². The summed E-state index contributed by atoms with van der Waals surface area (Å²) in [5.41, 5.74) is 7.86. The molecule has 144 valence electrons. The number of rotatable bonds is 2. The quantitative estimate of drug-likeness (QED) is 0.705. The largest absolute Gasteiger partial charge is 0.352 e. The third-order valence-corrected chi connectivity index (χ3v) is 5.38. The number of aromatic amines is 1. The van der Waals surface area contributed by atoms with Crippen LogP contribution in [0.3, 0.4) is 0 Å². The first-order chi connectivity index (χ1) is 14.0. The lowest BCUT2D eigenvalue weighted by atomic mass is 10.0. The highest BCUT2D eigenvalue weighted by Crippen LogP contribution is 2.26. The standard InChI is InChI=1S/C23H19FN4O/c1-13-11-15(7-9-18(13)24)16-8-10-20-26-23(27-28(20)12-16)21-14(2)22(29)17-5-3-4-6-19(17)25-21/h3-12,20H,1-2H3,(H,25,29)(H,26,27). The molecule has 0 fully saturated rings. The molecule has 3 heterocycles. The van der Waals surface area contributed by atoms with Gasteiger partial charge in [-0.15, -0.1) is 0 Å². The highest BCUT2D eigenvalue weighted by atomic mass is 19.1. The van der Waals surface area contributed by atoms with Gasteiger partial charge in [-0.25, -0.2) is 9.38 Å². The molecular formula is C23H19FN4O. The van der Waals surface area contributed by atoms with Crippen LogP contribution in [0.2, 0.25) is 0 Å². The van der Waals surface area contributed by atoms with Crippen molar-refractivity contribution >= 4 is 22.3 Å². The number of H-pyrrole nitrogens is 1. The predicted octanol–water partition coefficient (Wildman–Crippen LogP) is 3.79. The molecule has 0 radical (unpaired) electrons. The predicted molar refractivity (Wildman–Crippen MR) is 113 cm³/mol. The summed E-state index contributed by atoms with van der Waals surface area (Å²) in [4.78, 5) is 20.8. The molecule has 2 aliphatic rings. The van der Waals surface area contributed by atoms with Crippen LogP contribution in [-0.2, 0) is 0 Å². The van der Waals surface area contributed by atoms with Crippen LogP contribution in [-0.4, -0.2) is 22.0 Å². The zero-order chi connectivity index (χ0) is 20.1. The molecule has 1 aromatic heterocycles. The van der Waals surface area contributed by atoms with Crippen LogP contribution >= 0.6 is 0 Å². The summed E-state index contributed by atoms with van der Waals surface area (Å²) in [7, 11) is 0. The van der Waals surface area contributed by atoms with E-state index < -0.39 is 0 Å². The second kappa shape index (κ2) is 6.44. The summed E-state index contributed by atoms with van der Waals surface area (Å²) in [6.45, 7) is 3.56. The van der Waals surface area contributed by atoms with E-state index in [2.05, 4.69) is 10.4 Å². The fourth-order valence-electron chi connectivity index (χ4n) is 3.73. The van der Waals surface area contributed by atoms with Gasteiger partial charge in [0.1, 0.15) is 5.82 Å². The van der Waals surface area contributed by atoms with Crippen molar-refractivity contribution in [3.8, 4) is 0 Å². The van der Waals surface area contributed by atoms with E-state index in [1.54, 1.807) is 19.9 Å². The molecule has 3 aromatic rings. The van der Waals surface area contributed by atoms with Gasteiger partial charge < -0.3 is 4.98 Å². The second-order valence-electron chi connectivity index (χ2n) is 7.32. The van der Waals surface area contributed by atoms with Crippen LogP contribution in [0.5, 0.6) is 0 Å². The number of hydrazine groups is 1. The van der Waals surface area contributed by atoms with E-state index in [0.717, 1.165) is 16.7 Å². The Labute approximate surface area is 166 Å². The Balaban J connectivity index is 1.50. The van der Waals surface area contributed by atoms with Crippen molar-refractivity contribution in [2.75, 3.05) is 0 Å². The van der Waals surface area contributed by atoms with Gasteiger partial charge in [0.05, 0.1) is 5.69 Å². The van der Waals surface area contributed by atoms with E-state index in [0.29, 0.717) is 28.0 Å². The van der Waals surface area contributed by atoms with Crippen molar-refractivity contribution in [1.29, 1.82) is 0 Å². The van der Waals surface area contributed by atoms with Gasteiger partial charge in [0.2, 0.25) is 0 Å². The molecule has 6 heteroatoms. The second-order valence-corrected chi connectivity index (χ2v) is 7.32. The minimum absolute atomic E-state index is 0.00252. The number of amidine groups is 1. The monoisotopic (exact) mass is 386 g/mol. The summed E-state index contributed by atoms with van der Waals surface area (Å²) < 4.78 is 13.6. The maximum atomic E-state index is 13.6. The van der Waals surface area contributed by atoms with Crippen molar-refractivity contribution in [2.24, 2.45) is 4.99 Å². The van der Waals surface area contributed by atoms with Gasteiger partial charge in [0.15, 0.2) is 17.4 Å². The van der Waals surface area contributed by atoms with Crippen LogP contribution in [0.4, 0.5) is 4.39 Å². The molecule has 2 aromatic carbocycles. The Hall–Kier alpha value is -3.67. The summed E-state index contributed by atoms with van der Waals surface area (Å²) in [5.74, 6) is 0.403. The van der Waals surface area contributed by atoms with Crippen molar-refractivity contribution in [2.45, 2.75) is 20.0 Å². The Morgan fingerprint density at radius 3 is 2.79 bits per heavy atom. The normalized spacial score (nSPS) is 17.8. The van der Waals surface area contributed by atoms with Gasteiger partial charge in [-0.3, -0.25) is 15.2 Å². The number of nitrogens with zero attached hydrogens (tertiary/aromatic N) is 2. The van der Waals surface area contributed by atoms with Crippen molar-refractivity contribution in [3.63, 3.8) is 0 Å². The highest BCUT2D eigenvalue weighted by Gasteiger charge is 2.27. The third-order valence-electron chi connectivity index (χ3n) is 5.38. The molecule has 5 rings (SSSR count). The van der Waals surface area contributed by atoms with Gasteiger partial charge in [-0.2, -0.15) is 0 Å². The van der Waals surface area contributed by atoms with Gasteiger partial charge in [-0.1, -0.05) is 24.3 Å². The molecule has 0 amide bonds. The maximum absolute atomic E-state index is 13.6. The van der Waals surface area contributed by atoms with Crippen LogP contribution in [0, 0.1) is 19.7 Å². The molecule has 0 saturated heterocycles. The molecule has 0 saturated carbocycles. The Bertz CT molecular complexity index is 1300. The van der Waals surface area contributed by atoms with E-state index in [-0.39, 0.29) is 17.4 Å². The van der Waals surface area contributed by atoms with Gasteiger partial charge in [0, 0.05) is 22.7 Å². The van der Waals surface area contributed by atoms with E-state index in [4.69, 9.17) is 4.99 Å². The Kier molecular flexibility index (Phi) is 3.87. The lowest BCUT2D eigenvalue weighted by molar-refractivity contribution is 0.316. The minimum Gasteiger partial charge on any atom is -0.352 e. The number of nitrogens with one attached hydrogen (secondary N) is 2. The molecule has 29 heavy (non-hydrogen) atoms. The molecule has 1 atom stereocenters. The lowest BCUT2D eigenvalue weighted by Crippen LogP contribution is -2.38. The molecule has 2 N–H and O–H groups in total. The number of fused-ring (bicyclic) bond motifs is 2. The van der Waals surface area contributed by atoms with Gasteiger partial charge in [-0.05, 0) is 60.9 Å². The average molecular weight is 386 g/mol. The van der Waals surface area contributed by atoms with E-state index in [9.17, 15) is 9.18 Å². The smallest absolute Gasteiger partial charge is 0.193 e. The molecular weight excluding hydrogens is 367 g/mol. The number of hydrogen-bond acceptors (Lipinski definition) is 4. The number of para-hydroxylation sites is 1. The number of allylic oxidation sites excluding steroid dienone is 2. The average Bonchev–Trinajstić information content (AvgIpc) is 3.16. The zero-order valence-electron chi connectivity index (χ0n) is 16.0. The summed E-state index contributed by atoms with van der Waals surface area (Å²) in [5, 5.41) is 2.55. The number of aromatic nitrogens is 1. The third kappa shape index (κ3) is 2.84. The van der Waals surface area contributed by atoms with Crippen LogP contribution < -0.4 is 10.9 Å². The number of halogens is 1. The van der Waals surface area contributed by atoms with E-state index in [1.165, 1.54) is 6.07 Å². The fourth-order valence-corrected chi connectivity index (χ4v) is 3.73. The van der Waals surface area contributed by atoms with Crippen LogP contribution in [0.15, 0.2) is 70.6 Å². The fraction of sp³-hybridized carbons (Fsp3) is 0.130. The van der Waals surface area contributed by atoms with Crippen LogP contribution in [0.1, 0.15) is 22.4 Å². The highest BCUT2D eigenvalue weighted by molar-refractivity contribution is 6.01. The van der Waals surface area contributed by atoms with Gasteiger partial charge in [0.25, 0.3) is 0 Å². The number of hydrogen-bond donors (Lipinski definition) is 2. The maximum Gasteiger partial charge on any atom is 0.193 e. The summed E-state index contributed by atoms with van der Waals surface area (Å²) in [6.07, 6.45) is 5.70. The summed E-state index contributed by atoms with van der Waals surface area (Å²) in [6, 6.07) is 12.5. The Morgan fingerprint density at radius 1 is 1.14 bits per heavy atom. The van der Waals surface area contributed by atoms with Crippen molar-refractivity contribution in [3.05, 3.63) is 99.2 Å². The van der Waals surface area contributed by atoms with Crippen LogP contribution in [0.25, 0.3) is 16.5 Å². The minimum atomic E-state index is -0.215. The zero-order valence-corrected chi connectivity index (χ0v) is 16.0. The van der Waals surface area contributed by atoms with Crippen molar-refractivity contribution < 1.29 is 4.39 Å². The first kappa shape index (κ1) is 17.4. The first-order valence-corrected chi connectivity index (χ1v) is 9.42. The summed E-state index contributed by atoms with van der Waals surface area (Å²) >= 11 is 0. The molecule has 0 spiro atoms. The molecule has 5 nitrogen and oxygen atoms in total. The molecule has 0 aliphatic carbocycles. The molecule has 1 unspecified atom stereocenters. The number of benzene rings is 2. The Morgan fingerprint density at radius 2 is 1.97 bits per heavy atom. The SMILES string of the molecule is Cc1cc(C2=CN3NC(c4[nH]c5ccccc5c(=O)c4C)=NC3C=C2)ccc1F. The topological polar surface area (TPSA) is 60.5 Å². The number of aryl methyl sites for hydroxylation is 1. The number of pyridine rings is 1. The first-order valence-electron chi connectivity index (χ1n) is 9.42. The molecule has 2 aliphatic heterocycles. The van der Waals surface area contributed by atoms with Gasteiger partial charge >= 0.3 is 0 Å².